The number of ether oxygens (including phenoxy) is 5. The average Bonchev–Trinajstić information content (AvgIpc) is 2.51. The summed E-state index contributed by atoms with van der Waals surface area (Å²) in [6.45, 7) is 4.20. The van der Waals surface area contributed by atoms with Crippen molar-refractivity contribution >= 4 is 0 Å². The van der Waals surface area contributed by atoms with Crippen molar-refractivity contribution < 1.29 is 25.1 Å². The van der Waals surface area contributed by atoms with E-state index in [2.05, 4.69) is 10.0 Å². The Bertz CT molecular complexity index is 267. The first-order chi connectivity index (χ1) is 10.3. The molecule has 0 aromatic rings. The van der Waals surface area contributed by atoms with Crippen LogP contribution in [0.1, 0.15) is 8.27 Å². The molecule has 0 rings (SSSR count). The van der Waals surface area contributed by atoms with Gasteiger partial charge in [0, 0.05) is 13.4 Å². The number of nitrogens with zero attached hydrogens (tertiary/aromatic N) is 3. The van der Waals surface area contributed by atoms with Gasteiger partial charge in [-0.15, -0.1) is 0 Å². The number of hydrogen-bond donors (Lipinski definition) is 0. The van der Waals surface area contributed by atoms with E-state index in [4.69, 9.17) is 30.6 Å². The maximum Gasteiger partial charge on any atom is 0.0704 e. The fourth-order valence-corrected chi connectivity index (χ4v) is 1.14. The Morgan fingerprint density at radius 2 is 1.55 bits per heavy atom. The van der Waals surface area contributed by atoms with Crippen LogP contribution in [0.3, 0.4) is 0 Å². The molecule has 1 atom stereocenters. The van der Waals surface area contributed by atoms with Crippen molar-refractivity contribution in [1.29, 1.82) is 0 Å². The summed E-state index contributed by atoms with van der Waals surface area (Å²) in [6.07, 6.45) is -0.370. The normalized spacial score (nSPS) is 12.8. The summed E-state index contributed by atoms with van der Waals surface area (Å²) in [5, 5.41) is 3.37. The minimum atomic E-state index is -0.370. The fourth-order valence-electron chi connectivity index (χ4n) is 1.14. The number of rotatable bonds is 15. The quantitative estimate of drug-likeness (QED) is 0.197. The molecule has 8 heteroatoms. The SMILES string of the molecule is [2H]C[C@@H](CN=[N+]=[N-])OCCOCCOCCOCCOC. The molecule has 8 nitrogen and oxygen atoms in total. The minimum Gasteiger partial charge on any atom is -0.382 e. The van der Waals surface area contributed by atoms with Gasteiger partial charge in [0.15, 0.2) is 0 Å². The topological polar surface area (TPSA) is 94.9 Å². The Morgan fingerprint density at radius 1 is 1.00 bits per heavy atom. The molecule has 0 aliphatic carbocycles. The van der Waals surface area contributed by atoms with Crippen molar-refractivity contribution in [3.63, 3.8) is 0 Å². The third-order valence-electron chi connectivity index (χ3n) is 2.11. The minimum absolute atomic E-state index is 0.0607. The fraction of sp³-hybridized carbons (Fsp3) is 1.00. The molecule has 0 saturated heterocycles. The second-order valence-electron chi connectivity index (χ2n) is 3.74. The van der Waals surface area contributed by atoms with Crippen LogP contribution >= 0.6 is 0 Å². The van der Waals surface area contributed by atoms with Crippen LogP contribution in [0.4, 0.5) is 0 Å². The van der Waals surface area contributed by atoms with Crippen LogP contribution in [0, 0.1) is 0 Å². The predicted molar refractivity (Wildman–Crippen MR) is 73.8 cm³/mol. The van der Waals surface area contributed by atoms with E-state index in [0.717, 1.165) is 0 Å². The van der Waals surface area contributed by atoms with Gasteiger partial charge in [-0.05, 0) is 12.4 Å². The summed E-state index contributed by atoms with van der Waals surface area (Å²) in [5.41, 5.74) is 8.17. The van der Waals surface area contributed by atoms with Gasteiger partial charge in [0.1, 0.15) is 0 Å². The maximum absolute atomic E-state index is 8.17. The highest BCUT2D eigenvalue weighted by molar-refractivity contribution is 4.54. The van der Waals surface area contributed by atoms with E-state index in [9.17, 15) is 0 Å². The lowest BCUT2D eigenvalue weighted by atomic mass is 10.4. The van der Waals surface area contributed by atoms with Crippen molar-refractivity contribution in [3.05, 3.63) is 10.4 Å². The highest BCUT2D eigenvalue weighted by Crippen LogP contribution is 1.92. The predicted octanol–water partition coefficient (Wildman–Crippen LogP) is 1.40. The molecule has 0 aliphatic rings. The van der Waals surface area contributed by atoms with E-state index in [-0.39, 0.29) is 19.5 Å². The Kier molecular flexibility index (Phi) is 13.9. The summed E-state index contributed by atoms with van der Waals surface area (Å²) >= 11 is 0. The molecule has 0 N–H and O–H groups in total. The van der Waals surface area contributed by atoms with Crippen molar-refractivity contribution in [2.45, 2.75) is 13.0 Å². The first kappa shape index (κ1) is 17.2. The Hall–Kier alpha value is -0.890. The monoisotopic (exact) mass is 292 g/mol. The zero-order chi connectivity index (χ0) is 15.6. The van der Waals surface area contributed by atoms with Gasteiger partial charge in [-0.25, -0.2) is 0 Å². The molecule has 0 spiro atoms. The van der Waals surface area contributed by atoms with E-state index in [1.807, 2.05) is 0 Å². The number of azide groups is 1. The first-order valence-corrected chi connectivity index (χ1v) is 6.49. The van der Waals surface area contributed by atoms with Crippen molar-refractivity contribution in [3.8, 4) is 0 Å². The van der Waals surface area contributed by atoms with Gasteiger partial charge in [0.05, 0.1) is 65.5 Å². The molecule has 118 valence electrons. The van der Waals surface area contributed by atoms with Gasteiger partial charge in [0.25, 0.3) is 0 Å². The Morgan fingerprint density at radius 3 is 2.05 bits per heavy atom. The third-order valence-corrected chi connectivity index (χ3v) is 2.11. The Balaban J connectivity index is 3.19. The second kappa shape index (κ2) is 16.2. The summed E-state index contributed by atoms with van der Waals surface area (Å²) < 4.78 is 33.2. The lowest BCUT2D eigenvalue weighted by Crippen LogP contribution is -2.17. The molecule has 20 heavy (non-hydrogen) atoms. The van der Waals surface area contributed by atoms with E-state index >= 15 is 0 Å². The van der Waals surface area contributed by atoms with Gasteiger partial charge < -0.3 is 23.7 Å². The molecule has 0 aromatic heterocycles. The molecule has 0 amide bonds. The largest absolute Gasteiger partial charge is 0.382 e. The molecule has 0 heterocycles. The zero-order valence-corrected chi connectivity index (χ0v) is 12.0. The van der Waals surface area contributed by atoms with Crippen LogP contribution in [0.15, 0.2) is 5.11 Å². The van der Waals surface area contributed by atoms with Crippen molar-refractivity contribution in [2.24, 2.45) is 5.11 Å². The lowest BCUT2D eigenvalue weighted by molar-refractivity contribution is -0.0167. The summed E-state index contributed by atoms with van der Waals surface area (Å²) in [5.74, 6) is 0. The average molecular weight is 292 g/mol. The van der Waals surface area contributed by atoms with E-state index in [1.54, 1.807) is 7.11 Å². The van der Waals surface area contributed by atoms with Crippen LogP contribution in [0.25, 0.3) is 10.4 Å². The molecule has 0 aromatic carbocycles. The third kappa shape index (κ3) is 15.2. The van der Waals surface area contributed by atoms with Crippen LogP contribution in [-0.4, -0.2) is 72.6 Å². The zero-order valence-electron chi connectivity index (χ0n) is 13.0. The molecule has 0 saturated carbocycles. The summed E-state index contributed by atoms with van der Waals surface area (Å²) in [4.78, 5) is 2.63. The van der Waals surface area contributed by atoms with Crippen LogP contribution < -0.4 is 0 Å². The molecule has 0 bridgehead atoms. The summed E-state index contributed by atoms with van der Waals surface area (Å²) in [7, 11) is 1.63. The molecule has 0 unspecified atom stereocenters. The van der Waals surface area contributed by atoms with Gasteiger partial charge in [-0.3, -0.25) is 0 Å². The van der Waals surface area contributed by atoms with E-state index in [0.29, 0.717) is 52.9 Å². The molecular formula is C12H25N3O5. The first-order valence-electron chi connectivity index (χ1n) is 7.19. The Labute approximate surface area is 121 Å². The van der Waals surface area contributed by atoms with Gasteiger partial charge >= 0.3 is 0 Å². The summed E-state index contributed by atoms with van der Waals surface area (Å²) in [6, 6.07) is 0. The van der Waals surface area contributed by atoms with Crippen LogP contribution in [-0.2, 0) is 23.7 Å². The van der Waals surface area contributed by atoms with Crippen LogP contribution in [0.2, 0.25) is 0 Å². The standard InChI is InChI=1S/C12H25N3O5/c1-12(11-14-15-13)20-10-9-19-8-7-18-6-5-17-4-3-16-2/h12H,3-11H2,1-2H3/t12-/m0/s1/i1D. The van der Waals surface area contributed by atoms with E-state index < -0.39 is 0 Å². The second-order valence-corrected chi connectivity index (χ2v) is 3.74. The molecule has 0 aliphatic heterocycles. The lowest BCUT2D eigenvalue weighted by Gasteiger charge is -2.10. The van der Waals surface area contributed by atoms with Crippen LogP contribution in [0.5, 0.6) is 0 Å². The molecular weight excluding hydrogens is 266 g/mol. The smallest absolute Gasteiger partial charge is 0.0704 e. The number of hydrogen-bond acceptors (Lipinski definition) is 6. The highest BCUT2D eigenvalue weighted by atomic mass is 16.6. The molecule has 0 radical (unpaired) electrons. The van der Waals surface area contributed by atoms with Gasteiger partial charge in [0.2, 0.25) is 0 Å². The maximum atomic E-state index is 8.17. The van der Waals surface area contributed by atoms with E-state index in [1.165, 1.54) is 0 Å². The van der Waals surface area contributed by atoms with Gasteiger partial charge in [-0.2, -0.15) is 0 Å². The number of methoxy groups -OCH3 is 1. The van der Waals surface area contributed by atoms with Crippen molar-refractivity contribution in [1.82, 2.24) is 0 Å². The highest BCUT2D eigenvalue weighted by Gasteiger charge is 1.99. The van der Waals surface area contributed by atoms with Gasteiger partial charge in [-0.1, -0.05) is 5.11 Å². The van der Waals surface area contributed by atoms with Crippen molar-refractivity contribution in [2.75, 3.05) is 66.5 Å². The molecule has 0 fully saturated rings.